The highest BCUT2D eigenvalue weighted by Crippen LogP contribution is 2.25. The third-order valence-corrected chi connectivity index (χ3v) is 4.84. The Labute approximate surface area is 142 Å². The second kappa shape index (κ2) is 8.55. The summed E-state index contributed by atoms with van der Waals surface area (Å²) in [5.74, 6) is -0.135. The van der Waals surface area contributed by atoms with Gasteiger partial charge in [0.25, 0.3) is 0 Å². The number of aliphatic hydroxyl groups excluding tert-OH is 2. The molecule has 1 saturated heterocycles. The highest BCUT2D eigenvalue weighted by atomic mass is 19.1. The maximum atomic E-state index is 13.4. The van der Waals surface area contributed by atoms with Crippen LogP contribution in [-0.4, -0.2) is 72.4 Å². The van der Waals surface area contributed by atoms with Gasteiger partial charge < -0.3 is 20.0 Å². The summed E-state index contributed by atoms with van der Waals surface area (Å²) in [7, 11) is 1.92. The van der Waals surface area contributed by atoms with Gasteiger partial charge in [-0.2, -0.15) is 0 Å². The van der Waals surface area contributed by atoms with E-state index < -0.39 is 0 Å². The highest BCUT2D eigenvalue weighted by molar-refractivity contribution is 5.79. The smallest absolute Gasteiger partial charge is 0.227 e. The molecule has 1 aliphatic rings. The second-order valence-electron chi connectivity index (χ2n) is 6.73. The monoisotopic (exact) mass is 338 g/mol. The number of carbonyl (C=O) groups is 1. The molecular formula is C18H27FN2O3. The predicted molar refractivity (Wildman–Crippen MR) is 90.1 cm³/mol. The molecule has 0 bridgehead atoms. The van der Waals surface area contributed by atoms with Crippen molar-refractivity contribution >= 4 is 5.91 Å². The standard InChI is InChI=1S/C18H27FN2O3/c1-13-3-4-17(19)7-14(13)8-18(24)21-10-15(16(11-21)12-23)9-20(2)5-6-22/h3-4,7,15-16,22-23H,5-6,8-12H2,1-2H3/t15-,16-/m1/s1. The molecule has 2 rings (SSSR count). The number of halogens is 1. The van der Waals surface area contributed by atoms with Crippen LogP contribution in [0.3, 0.4) is 0 Å². The summed E-state index contributed by atoms with van der Waals surface area (Å²) in [5.41, 5.74) is 1.61. The Hall–Kier alpha value is -1.50. The van der Waals surface area contributed by atoms with E-state index >= 15 is 0 Å². The van der Waals surface area contributed by atoms with E-state index in [0.29, 0.717) is 25.2 Å². The van der Waals surface area contributed by atoms with Crippen molar-refractivity contribution in [2.24, 2.45) is 11.8 Å². The first-order valence-corrected chi connectivity index (χ1v) is 8.37. The van der Waals surface area contributed by atoms with Crippen LogP contribution in [0, 0.1) is 24.6 Å². The topological polar surface area (TPSA) is 64.0 Å². The normalized spacial score (nSPS) is 20.8. The molecule has 0 aromatic heterocycles. The van der Waals surface area contributed by atoms with Crippen LogP contribution in [0.2, 0.25) is 0 Å². The van der Waals surface area contributed by atoms with Crippen molar-refractivity contribution in [2.75, 3.05) is 46.4 Å². The van der Waals surface area contributed by atoms with Crippen LogP contribution in [0.1, 0.15) is 11.1 Å². The summed E-state index contributed by atoms with van der Waals surface area (Å²) in [6.45, 7) is 4.43. The third kappa shape index (κ3) is 4.75. The molecule has 0 spiro atoms. The van der Waals surface area contributed by atoms with E-state index in [9.17, 15) is 14.3 Å². The molecule has 1 fully saturated rings. The molecule has 0 saturated carbocycles. The van der Waals surface area contributed by atoms with Crippen LogP contribution in [0.25, 0.3) is 0 Å². The lowest BCUT2D eigenvalue weighted by molar-refractivity contribution is -0.129. The van der Waals surface area contributed by atoms with Crippen LogP contribution in [0.15, 0.2) is 18.2 Å². The Morgan fingerprint density at radius 3 is 2.71 bits per heavy atom. The van der Waals surface area contributed by atoms with Crippen LogP contribution >= 0.6 is 0 Å². The summed E-state index contributed by atoms with van der Waals surface area (Å²) >= 11 is 0. The highest BCUT2D eigenvalue weighted by Gasteiger charge is 2.35. The fraction of sp³-hybridized carbons (Fsp3) is 0.611. The van der Waals surface area contributed by atoms with Gasteiger partial charge in [-0.15, -0.1) is 0 Å². The van der Waals surface area contributed by atoms with Crippen molar-refractivity contribution in [2.45, 2.75) is 13.3 Å². The fourth-order valence-electron chi connectivity index (χ4n) is 3.32. The molecular weight excluding hydrogens is 311 g/mol. The molecule has 2 atom stereocenters. The molecule has 2 N–H and O–H groups in total. The Morgan fingerprint density at radius 2 is 2.04 bits per heavy atom. The predicted octanol–water partition coefficient (Wildman–Crippen LogP) is 0.668. The number of hydrogen-bond donors (Lipinski definition) is 2. The first kappa shape index (κ1) is 18.8. The molecule has 0 unspecified atom stereocenters. The number of aryl methyl sites for hydroxylation is 1. The van der Waals surface area contributed by atoms with E-state index in [4.69, 9.17) is 5.11 Å². The number of likely N-dealkylation sites (tertiary alicyclic amines) is 1. The van der Waals surface area contributed by atoms with Gasteiger partial charge in [0.15, 0.2) is 0 Å². The second-order valence-corrected chi connectivity index (χ2v) is 6.73. The van der Waals surface area contributed by atoms with Crippen molar-refractivity contribution in [3.63, 3.8) is 0 Å². The molecule has 1 amide bonds. The Bertz CT molecular complexity index is 567. The zero-order valence-corrected chi connectivity index (χ0v) is 14.4. The van der Waals surface area contributed by atoms with Gasteiger partial charge in [-0.25, -0.2) is 4.39 Å². The molecule has 6 heteroatoms. The maximum Gasteiger partial charge on any atom is 0.227 e. The van der Waals surface area contributed by atoms with Crippen LogP contribution in [0.4, 0.5) is 4.39 Å². The van der Waals surface area contributed by atoms with Gasteiger partial charge in [-0.05, 0) is 43.1 Å². The van der Waals surface area contributed by atoms with E-state index in [2.05, 4.69) is 0 Å². The van der Waals surface area contributed by atoms with Crippen LogP contribution in [0.5, 0.6) is 0 Å². The fourth-order valence-corrected chi connectivity index (χ4v) is 3.32. The van der Waals surface area contributed by atoms with E-state index in [1.807, 2.05) is 18.9 Å². The summed E-state index contributed by atoms with van der Waals surface area (Å²) in [4.78, 5) is 16.3. The number of likely N-dealkylation sites (N-methyl/N-ethyl adjacent to an activating group) is 1. The molecule has 1 aliphatic heterocycles. The molecule has 0 aliphatic carbocycles. The van der Waals surface area contributed by atoms with Crippen molar-refractivity contribution in [1.29, 1.82) is 0 Å². The number of hydrogen-bond acceptors (Lipinski definition) is 4. The molecule has 0 radical (unpaired) electrons. The van der Waals surface area contributed by atoms with E-state index in [1.165, 1.54) is 12.1 Å². The van der Waals surface area contributed by atoms with Crippen molar-refractivity contribution in [3.8, 4) is 0 Å². The van der Waals surface area contributed by atoms with E-state index in [0.717, 1.165) is 12.1 Å². The van der Waals surface area contributed by atoms with Crippen molar-refractivity contribution < 1.29 is 19.4 Å². The number of amides is 1. The molecule has 5 nitrogen and oxygen atoms in total. The zero-order chi connectivity index (χ0) is 17.7. The summed E-state index contributed by atoms with van der Waals surface area (Å²) in [6.07, 6.45) is 0.181. The Balaban J connectivity index is 1.99. The third-order valence-electron chi connectivity index (χ3n) is 4.84. The number of rotatable bonds is 7. The SMILES string of the molecule is Cc1ccc(F)cc1CC(=O)N1C[C@@H](CN(C)CCO)[C@@H](CO)C1. The first-order valence-electron chi connectivity index (χ1n) is 8.37. The lowest BCUT2D eigenvalue weighted by atomic mass is 9.96. The summed E-state index contributed by atoms with van der Waals surface area (Å²) in [5, 5.41) is 18.6. The minimum absolute atomic E-state index is 0.0329. The zero-order valence-electron chi connectivity index (χ0n) is 14.4. The van der Waals surface area contributed by atoms with E-state index in [1.54, 1.807) is 11.0 Å². The molecule has 1 aromatic rings. The van der Waals surface area contributed by atoms with Gasteiger partial charge in [0.05, 0.1) is 13.0 Å². The minimum atomic E-state index is -0.332. The first-order chi connectivity index (χ1) is 11.4. The Morgan fingerprint density at radius 1 is 1.33 bits per heavy atom. The van der Waals surface area contributed by atoms with Gasteiger partial charge >= 0.3 is 0 Å². The van der Waals surface area contributed by atoms with Crippen LogP contribution in [-0.2, 0) is 11.2 Å². The number of nitrogens with zero attached hydrogens (tertiary/aromatic N) is 2. The lowest BCUT2D eigenvalue weighted by Gasteiger charge is -2.23. The van der Waals surface area contributed by atoms with Crippen molar-refractivity contribution in [3.05, 3.63) is 35.1 Å². The number of benzene rings is 1. The molecule has 24 heavy (non-hydrogen) atoms. The largest absolute Gasteiger partial charge is 0.396 e. The van der Waals surface area contributed by atoms with Gasteiger partial charge in [0, 0.05) is 38.7 Å². The van der Waals surface area contributed by atoms with Crippen LogP contribution < -0.4 is 0 Å². The average Bonchev–Trinajstić information content (AvgIpc) is 2.94. The van der Waals surface area contributed by atoms with Gasteiger partial charge in [-0.3, -0.25) is 4.79 Å². The summed E-state index contributed by atoms with van der Waals surface area (Å²) in [6, 6.07) is 4.50. The molecule has 1 aromatic carbocycles. The lowest BCUT2D eigenvalue weighted by Crippen LogP contribution is -2.34. The molecule has 134 valence electrons. The minimum Gasteiger partial charge on any atom is -0.396 e. The Kier molecular flexibility index (Phi) is 6.71. The summed E-state index contributed by atoms with van der Waals surface area (Å²) < 4.78 is 13.4. The maximum absolute atomic E-state index is 13.4. The number of carbonyl (C=O) groups excluding carboxylic acids is 1. The number of aliphatic hydroxyl groups is 2. The van der Waals surface area contributed by atoms with Gasteiger partial charge in [-0.1, -0.05) is 6.07 Å². The van der Waals surface area contributed by atoms with Gasteiger partial charge in [0.1, 0.15) is 5.82 Å². The van der Waals surface area contributed by atoms with Gasteiger partial charge in [0.2, 0.25) is 5.91 Å². The average molecular weight is 338 g/mol. The van der Waals surface area contributed by atoms with Crippen molar-refractivity contribution in [1.82, 2.24) is 9.80 Å². The van der Waals surface area contributed by atoms with E-state index in [-0.39, 0.29) is 43.2 Å². The quantitative estimate of drug-likeness (QED) is 0.767. The molecule has 1 heterocycles.